The van der Waals surface area contributed by atoms with Gasteiger partial charge < -0.3 is 18.5 Å². The van der Waals surface area contributed by atoms with Gasteiger partial charge in [0.2, 0.25) is 0 Å². The maximum absolute atomic E-state index is 12.7. The number of hydrogen-bond donors (Lipinski definition) is 0. The molecule has 1 rings (SSSR count). The van der Waals surface area contributed by atoms with Gasteiger partial charge in [-0.15, -0.1) is 6.58 Å². The van der Waals surface area contributed by atoms with Crippen LogP contribution in [0.2, 0.25) is 0 Å². The van der Waals surface area contributed by atoms with Crippen molar-refractivity contribution in [1.82, 2.24) is 0 Å². The van der Waals surface area contributed by atoms with E-state index in [2.05, 4.69) is 29.2 Å². The summed E-state index contributed by atoms with van der Waals surface area (Å²) in [6.45, 7) is 8.88. The normalized spacial score (nSPS) is 22.7. The first-order chi connectivity index (χ1) is 10.1. The molecule has 0 aromatic carbocycles. The Morgan fingerprint density at radius 3 is 2.52 bits per heavy atom. The Bertz CT molecular complexity index is 336. The van der Waals surface area contributed by atoms with Crippen LogP contribution in [0, 0.1) is 0 Å². The summed E-state index contributed by atoms with van der Waals surface area (Å²) in [5, 5.41) is 0. The van der Waals surface area contributed by atoms with E-state index in [1.54, 1.807) is 6.08 Å². The minimum Gasteiger partial charge on any atom is -0.353 e. The van der Waals surface area contributed by atoms with Crippen LogP contribution < -0.4 is 0 Å². The van der Waals surface area contributed by atoms with Crippen molar-refractivity contribution in [2.45, 2.75) is 55.6 Å². The minimum atomic E-state index is -3.11. The average molecular weight is 432 g/mol. The van der Waals surface area contributed by atoms with Crippen molar-refractivity contribution in [2.75, 3.05) is 19.8 Å². The molecule has 1 unspecified atom stereocenters. The van der Waals surface area contributed by atoms with Crippen LogP contribution in [0.5, 0.6) is 0 Å². The zero-order valence-corrected chi connectivity index (χ0v) is 15.9. The fraction of sp³-hybridized carbons (Fsp3) is 0.857. The Morgan fingerprint density at radius 2 is 2.05 bits per heavy atom. The van der Waals surface area contributed by atoms with E-state index in [1.807, 2.05) is 13.8 Å². The van der Waals surface area contributed by atoms with Crippen molar-refractivity contribution in [2.24, 2.45) is 0 Å². The second-order valence-electron chi connectivity index (χ2n) is 4.75. The Labute approximate surface area is 141 Å². The van der Waals surface area contributed by atoms with Gasteiger partial charge in [0, 0.05) is 13.0 Å². The largest absolute Gasteiger partial charge is 0.353 e. The average Bonchev–Trinajstić information content (AvgIpc) is 2.48. The molecule has 124 valence electrons. The zero-order valence-electron chi connectivity index (χ0n) is 12.8. The molecule has 1 aliphatic rings. The lowest BCUT2D eigenvalue weighted by Crippen LogP contribution is -2.28. The van der Waals surface area contributed by atoms with E-state index in [9.17, 15) is 4.57 Å². The van der Waals surface area contributed by atoms with Crippen molar-refractivity contribution < 1.29 is 23.1 Å². The van der Waals surface area contributed by atoms with Crippen molar-refractivity contribution in [3.8, 4) is 0 Å². The summed E-state index contributed by atoms with van der Waals surface area (Å²) in [6.07, 6.45) is 4.93. The summed E-state index contributed by atoms with van der Waals surface area (Å²) in [5.74, 6) is 0. The molecule has 0 bridgehead atoms. The summed E-state index contributed by atoms with van der Waals surface area (Å²) in [5.41, 5.74) is 0. The fourth-order valence-corrected chi connectivity index (χ4v) is 5.15. The minimum absolute atomic E-state index is 0.191. The van der Waals surface area contributed by atoms with E-state index < -0.39 is 7.60 Å². The van der Waals surface area contributed by atoms with Gasteiger partial charge in [-0.1, -0.05) is 28.7 Å². The Morgan fingerprint density at radius 1 is 1.38 bits per heavy atom. The standard InChI is InChI=1S/C14H26IO5P/c1-4-12(20-14-9-7-8-10-17-14)11-13(15)21(16,18-5-2)19-6-3/h4,12-14H,1,5-11H2,2-3H3/t12?,13-,14-/m0/s1. The highest BCUT2D eigenvalue weighted by atomic mass is 127. The third-order valence-corrected chi connectivity index (χ3v) is 7.80. The van der Waals surface area contributed by atoms with E-state index in [1.165, 1.54) is 0 Å². The van der Waals surface area contributed by atoms with E-state index in [-0.39, 0.29) is 16.1 Å². The highest BCUT2D eigenvalue weighted by Crippen LogP contribution is 2.57. The first-order valence-electron chi connectivity index (χ1n) is 7.48. The van der Waals surface area contributed by atoms with Gasteiger partial charge in [0.05, 0.1) is 19.3 Å². The molecule has 1 aliphatic heterocycles. The Hall–Kier alpha value is 0.540. The van der Waals surface area contributed by atoms with Gasteiger partial charge in [-0.2, -0.15) is 0 Å². The number of hydrogen-bond acceptors (Lipinski definition) is 5. The molecule has 0 aliphatic carbocycles. The zero-order chi connectivity index (χ0) is 15.7. The van der Waals surface area contributed by atoms with Gasteiger partial charge in [0.25, 0.3) is 0 Å². The smallest absolute Gasteiger partial charge is 0.343 e. The number of halogens is 1. The third kappa shape index (κ3) is 6.67. The van der Waals surface area contributed by atoms with E-state index in [0.717, 1.165) is 25.9 Å². The molecule has 0 N–H and O–H groups in total. The van der Waals surface area contributed by atoms with Crippen LogP contribution in [0.3, 0.4) is 0 Å². The van der Waals surface area contributed by atoms with Crippen LogP contribution in [-0.4, -0.2) is 35.9 Å². The summed E-state index contributed by atoms with van der Waals surface area (Å²) in [4.78, 5) is 0. The second-order valence-corrected chi connectivity index (χ2v) is 9.46. The topological polar surface area (TPSA) is 54.0 Å². The molecule has 0 aromatic rings. The molecule has 5 nitrogen and oxygen atoms in total. The van der Waals surface area contributed by atoms with Gasteiger partial charge in [0.15, 0.2) is 6.29 Å². The molecule has 7 heteroatoms. The van der Waals surface area contributed by atoms with Crippen LogP contribution in [0.15, 0.2) is 12.7 Å². The summed E-state index contributed by atoms with van der Waals surface area (Å²) >= 11 is 2.12. The maximum atomic E-state index is 12.7. The molecule has 0 spiro atoms. The molecule has 1 fully saturated rings. The van der Waals surface area contributed by atoms with Crippen LogP contribution in [-0.2, 0) is 23.1 Å². The molecule has 0 amide bonds. The predicted molar refractivity (Wildman–Crippen MR) is 91.9 cm³/mol. The summed E-state index contributed by atoms with van der Waals surface area (Å²) < 4.78 is 34.6. The Balaban J connectivity index is 2.56. The number of ether oxygens (including phenoxy) is 2. The summed E-state index contributed by atoms with van der Waals surface area (Å²) in [6, 6.07) is 0. The third-order valence-electron chi connectivity index (χ3n) is 3.12. The molecule has 21 heavy (non-hydrogen) atoms. The van der Waals surface area contributed by atoms with Gasteiger partial charge in [0.1, 0.15) is 3.67 Å². The van der Waals surface area contributed by atoms with Crippen molar-refractivity contribution in [3.63, 3.8) is 0 Å². The molecule has 1 saturated heterocycles. The van der Waals surface area contributed by atoms with Gasteiger partial charge in [-0.3, -0.25) is 4.57 Å². The van der Waals surface area contributed by atoms with Crippen LogP contribution in [0.1, 0.15) is 39.5 Å². The first-order valence-corrected chi connectivity index (χ1v) is 10.3. The number of rotatable bonds is 10. The Kier molecular flexibility index (Phi) is 9.64. The quantitative estimate of drug-likeness (QED) is 0.220. The van der Waals surface area contributed by atoms with Crippen molar-refractivity contribution in [3.05, 3.63) is 12.7 Å². The van der Waals surface area contributed by atoms with Crippen molar-refractivity contribution >= 4 is 30.2 Å². The highest BCUT2D eigenvalue weighted by Gasteiger charge is 2.35. The van der Waals surface area contributed by atoms with Crippen LogP contribution in [0.25, 0.3) is 0 Å². The molecule has 1 heterocycles. The molecule has 0 aromatic heterocycles. The molecule has 0 saturated carbocycles. The van der Waals surface area contributed by atoms with E-state index in [4.69, 9.17) is 18.5 Å². The van der Waals surface area contributed by atoms with Crippen LogP contribution >= 0.6 is 30.2 Å². The molecule has 3 atom stereocenters. The first kappa shape index (κ1) is 19.6. The van der Waals surface area contributed by atoms with Gasteiger partial charge in [-0.05, 0) is 33.1 Å². The van der Waals surface area contributed by atoms with Gasteiger partial charge >= 0.3 is 7.60 Å². The maximum Gasteiger partial charge on any atom is 0.343 e. The number of alkyl halides is 1. The lowest BCUT2D eigenvalue weighted by atomic mass is 10.2. The highest BCUT2D eigenvalue weighted by molar-refractivity contribution is 14.1. The molecule has 0 radical (unpaired) electrons. The predicted octanol–water partition coefficient (Wildman–Crippen LogP) is 4.50. The monoisotopic (exact) mass is 432 g/mol. The van der Waals surface area contributed by atoms with Crippen LogP contribution in [0.4, 0.5) is 0 Å². The molecular weight excluding hydrogens is 406 g/mol. The summed E-state index contributed by atoms with van der Waals surface area (Å²) in [7, 11) is -3.11. The lowest BCUT2D eigenvalue weighted by Gasteiger charge is -2.29. The van der Waals surface area contributed by atoms with Gasteiger partial charge in [-0.25, -0.2) is 0 Å². The lowest BCUT2D eigenvalue weighted by molar-refractivity contribution is -0.178. The van der Waals surface area contributed by atoms with E-state index >= 15 is 0 Å². The second kappa shape index (κ2) is 10.3. The SMILES string of the molecule is C=CC(C[C@@H](I)P(=O)(OCC)OCC)O[C@H]1CCCCO1. The van der Waals surface area contributed by atoms with Crippen molar-refractivity contribution in [1.29, 1.82) is 0 Å². The molecular formula is C14H26IO5P. The fourth-order valence-electron chi connectivity index (χ4n) is 2.10. The van der Waals surface area contributed by atoms with E-state index in [0.29, 0.717) is 19.6 Å².